The fourth-order valence-corrected chi connectivity index (χ4v) is 6.41. The second-order valence-electron chi connectivity index (χ2n) is 11.0. The van der Waals surface area contributed by atoms with Gasteiger partial charge < -0.3 is 24.3 Å². The van der Waals surface area contributed by atoms with E-state index in [0.717, 1.165) is 39.3 Å². The maximum Gasteiger partial charge on any atom is 0.256 e. The summed E-state index contributed by atoms with van der Waals surface area (Å²) in [5.41, 5.74) is 6.81. The number of thioether (sulfide) groups is 1. The second-order valence-corrected chi connectivity index (χ2v) is 12.0. The number of aromatic nitrogens is 4. The Bertz CT molecular complexity index is 2230. The predicted molar refractivity (Wildman–Crippen MR) is 190 cm³/mol. The first-order valence-electron chi connectivity index (χ1n) is 15.4. The summed E-state index contributed by atoms with van der Waals surface area (Å²) in [4.78, 5) is 25.8. The van der Waals surface area contributed by atoms with Gasteiger partial charge in [0.05, 0.1) is 20.0 Å². The highest BCUT2D eigenvalue weighted by molar-refractivity contribution is 7.97. The molecule has 2 N–H and O–H groups in total. The van der Waals surface area contributed by atoms with Crippen LogP contribution in [0, 0.1) is 0 Å². The van der Waals surface area contributed by atoms with Crippen molar-refractivity contribution in [2.24, 2.45) is 0 Å². The van der Waals surface area contributed by atoms with Gasteiger partial charge in [-0.1, -0.05) is 54.6 Å². The van der Waals surface area contributed by atoms with Gasteiger partial charge in [0.15, 0.2) is 28.5 Å². The Balaban J connectivity index is 1.10. The topological polar surface area (TPSA) is 125 Å². The zero-order chi connectivity index (χ0) is 33.7. The lowest BCUT2D eigenvalue weighted by Crippen LogP contribution is -2.13. The molecule has 0 atom stereocenters. The minimum Gasteiger partial charge on any atom is -0.504 e. The Kier molecular flexibility index (Phi) is 8.98. The van der Waals surface area contributed by atoms with Crippen LogP contribution in [0.1, 0.15) is 21.7 Å². The number of anilines is 1. The smallest absolute Gasteiger partial charge is 0.256 e. The molecule has 1 amide bonds. The number of ether oxygens (including phenoxy) is 2. The zero-order valence-electron chi connectivity index (χ0n) is 26.7. The van der Waals surface area contributed by atoms with E-state index in [1.54, 1.807) is 54.8 Å². The molecule has 0 aliphatic heterocycles. The maximum absolute atomic E-state index is 12.7. The Labute approximate surface area is 286 Å². The normalized spacial score (nSPS) is 11.1. The Morgan fingerprint density at radius 2 is 1.51 bits per heavy atom. The molecule has 7 rings (SSSR count). The van der Waals surface area contributed by atoms with Gasteiger partial charge in [-0.05, 0) is 70.3 Å². The largest absolute Gasteiger partial charge is 0.504 e. The van der Waals surface area contributed by atoms with Crippen LogP contribution in [0.3, 0.4) is 0 Å². The number of rotatable bonds is 11. The van der Waals surface area contributed by atoms with Crippen molar-refractivity contribution in [2.75, 3.05) is 19.5 Å². The van der Waals surface area contributed by atoms with E-state index >= 15 is 0 Å². The van der Waals surface area contributed by atoms with E-state index in [9.17, 15) is 9.90 Å². The standard InChI is InChI=1S/C38H31N5O5S/c1-46-29-14-10-24(11-15-29)27-8-9-28(31(18-27)25-12-16-30(47-2)17-13-25)20-49-21-33-32(44)19-34(48-33)43-23-41-35-36(39-22-40-37(35)43)42-38(45)26-6-4-3-5-7-26/h3-19,22-23,44H,20-21H2,1-2H3,(H,39,40,42,45). The molecule has 0 bridgehead atoms. The van der Waals surface area contributed by atoms with Crippen molar-refractivity contribution in [2.45, 2.75) is 11.5 Å². The second kappa shape index (κ2) is 14.0. The van der Waals surface area contributed by atoms with E-state index in [2.05, 4.69) is 62.7 Å². The highest BCUT2D eigenvalue weighted by atomic mass is 32.2. The van der Waals surface area contributed by atoms with Crippen LogP contribution in [-0.4, -0.2) is 44.8 Å². The van der Waals surface area contributed by atoms with Crippen LogP contribution in [-0.2, 0) is 11.5 Å². The number of nitrogens with zero attached hydrogens (tertiary/aromatic N) is 4. The van der Waals surface area contributed by atoms with Gasteiger partial charge in [-0.25, -0.2) is 15.0 Å². The lowest BCUT2D eigenvalue weighted by molar-refractivity contribution is 0.102. The molecule has 0 saturated carbocycles. The van der Waals surface area contributed by atoms with Crippen molar-refractivity contribution in [3.63, 3.8) is 0 Å². The molecule has 4 aromatic carbocycles. The minimum atomic E-state index is -0.310. The molecule has 0 radical (unpaired) electrons. The Hall–Kier alpha value is -6.07. The van der Waals surface area contributed by atoms with Gasteiger partial charge >= 0.3 is 0 Å². The molecule has 49 heavy (non-hydrogen) atoms. The summed E-state index contributed by atoms with van der Waals surface area (Å²) < 4.78 is 18.4. The molecule has 7 aromatic rings. The molecule has 244 valence electrons. The lowest BCUT2D eigenvalue weighted by Gasteiger charge is -2.13. The lowest BCUT2D eigenvalue weighted by atomic mass is 9.95. The molecular weight excluding hydrogens is 639 g/mol. The SMILES string of the molecule is COc1ccc(-c2ccc(CSCc3oc(-n4cnc5c(NC(=O)c6ccccc6)ncnc54)cc3O)c(-c3ccc(OC)cc3)c2)cc1. The van der Waals surface area contributed by atoms with Crippen molar-refractivity contribution < 1.29 is 23.8 Å². The van der Waals surface area contributed by atoms with E-state index in [1.807, 2.05) is 30.3 Å². The zero-order valence-corrected chi connectivity index (χ0v) is 27.5. The fourth-order valence-electron chi connectivity index (χ4n) is 5.44. The summed E-state index contributed by atoms with van der Waals surface area (Å²) in [6.07, 6.45) is 2.87. The average molecular weight is 670 g/mol. The third-order valence-corrected chi connectivity index (χ3v) is 9.02. The Morgan fingerprint density at radius 1 is 0.816 bits per heavy atom. The number of amides is 1. The van der Waals surface area contributed by atoms with Crippen LogP contribution >= 0.6 is 11.8 Å². The van der Waals surface area contributed by atoms with Crippen LogP contribution < -0.4 is 14.8 Å². The van der Waals surface area contributed by atoms with Crippen LogP contribution in [0.15, 0.2) is 120 Å². The summed E-state index contributed by atoms with van der Waals surface area (Å²) in [6, 6.07) is 32.9. The molecule has 0 saturated heterocycles. The van der Waals surface area contributed by atoms with Crippen LogP contribution in [0.2, 0.25) is 0 Å². The number of aromatic hydroxyl groups is 1. The number of imidazole rings is 1. The number of methoxy groups -OCH3 is 2. The van der Waals surface area contributed by atoms with Crippen LogP contribution in [0.25, 0.3) is 39.3 Å². The highest BCUT2D eigenvalue weighted by Gasteiger charge is 2.19. The first-order chi connectivity index (χ1) is 24.0. The minimum absolute atomic E-state index is 0.0289. The molecular formula is C38H31N5O5S. The summed E-state index contributed by atoms with van der Waals surface area (Å²) in [7, 11) is 3.32. The predicted octanol–water partition coefficient (Wildman–Crippen LogP) is 8.15. The number of carbonyl (C=O) groups excluding carboxylic acids is 1. The molecule has 0 aliphatic rings. The fraction of sp³-hybridized carbons (Fsp3) is 0.105. The number of furan rings is 1. The molecule has 0 fully saturated rings. The van der Waals surface area contributed by atoms with Gasteiger partial charge in [-0.3, -0.25) is 9.36 Å². The van der Waals surface area contributed by atoms with Gasteiger partial charge in [0.1, 0.15) is 24.2 Å². The monoisotopic (exact) mass is 669 g/mol. The van der Waals surface area contributed by atoms with Gasteiger partial charge in [-0.2, -0.15) is 0 Å². The summed E-state index contributed by atoms with van der Waals surface area (Å²) in [6.45, 7) is 0. The molecule has 0 aliphatic carbocycles. The van der Waals surface area contributed by atoms with Crippen molar-refractivity contribution in [3.05, 3.63) is 133 Å². The molecule has 0 unspecified atom stereocenters. The maximum atomic E-state index is 12.7. The molecule has 3 heterocycles. The molecule has 11 heteroatoms. The van der Waals surface area contributed by atoms with Crippen LogP contribution in [0.5, 0.6) is 17.2 Å². The third kappa shape index (κ3) is 6.69. The number of nitrogens with one attached hydrogen (secondary N) is 1. The molecule has 10 nitrogen and oxygen atoms in total. The number of carbonyl (C=O) groups is 1. The van der Waals surface area contributed by atoms with E-state index < -0.39 is 0 Å². The summed E-state index contributed by atoms with van der Waals surface area (Å²) >= 11 is 1.63. The quantitative estimate of drug-likeness (QED) is 0.140. The first kappa shape index (κ1) is 31.5. The molecule has 0 spiro atoms. The van der Waals surface area contributed by atoms with E-state index in [1.165, 1.54) is 18.7 Å². The Morgan fingerprint density at radius 3 is 2.22 bits per heavy atom. The van der Waals surface area contributed by atoms with E-state index in [0.29, 0.717) is 39.9 Å². The summed E-state index contributed by atoms with van der Waals surface area (Å²) in [5.74, 6) is 3.46. The van der Waals surface area contributed by atoms with E-state index in [4.69, 9.17) is 13.9 Å². The average Bonchev–Trinajstić information content (AvgIpc) is 3.75. The van der Waals surface area contributed by atoms with Gasteiger partial charge in [0.25, 0.3) is 5.91 Å². The number of hydrogen-bond donors (Lipinski definition) is 2. The van der Waals surface area contributed by atoms with Crippen LogP contribution in [0.4, 0.5) is 5.82 Å². The number of fused-ring (bicyclic) bond motifs is 1. The first-order valence-corrected chi connectivity index (χ1v) is 16.5. The summed E-state index contributed by atoms with van der Waals surface area (Å²) in [5, 5.41) is 13.6. The molecule has 3 aromatic heterocycles. The van der Waals surface area contributed by atoms with Gasteiger partial charge in [0.2, 0.25) is 5.88 Å². The van der Waals surface area contributed by atoms with E-state index in [-0.39, 0.29) is 17.5 Å². The number of benzene rings is 4. The van der Waals surface area contributed by atoms with Gasteiger partial charge in [0, 0.05) is 17.4 Å². The van der Waals surface area contributed by atoms with Crippen molar-refractivity contribution in [1.29, 1.82) is 0 Å². The third-order valence-electron chi connectivity index (χ3n) is 8.04. The van der Waals surface area contributed by atoms with Crippen molar-refractivity contribution in [1.82, 2.24) is 19.5 Å². The van der Waals surface area contributed by atoms with Crippen molar-refractivity contribution >= 4 is 34.7 Å². The number of hydrogen-bond acceptors (Lipinski definition) is 9. The van der Waals surface area contributed by atoms with Gasteiger partial charge in [-0.15, -0.1) is 11.8 Å². The van der Waals surface area contributed by atoms with Crippen molar-refractivity contribution in [3.8, 4) is 45.4 Å². The highest BCUT2D eigenvalue weighted by Crippen LogP contribution is 2.36.